The van der Waals surface area contributed by atoms with E-state index >= 15 is 0 Å². The van der Waals surface area contributed by atoms with E-state index < -0.39 is 21.7 Å². The number of carbonyl (C=O) groups is 1. The molecule has 0 unspecified atom stereocenters. The number of benzene rings is 1. The van der Waals surface area contributed by atoms with Crippen LogP contribution in [0.1, 0.15) is 69.4 Å². The molecule has 0 aliphatic carbocycles. The molecule has 0 saturated carbocycles. The van der Waals surface area contributed by atoms with E-state index in [1.807, 2.05) is 27.7 Å². The molecule has 2 rings (SSSR count). The third-order valence-corrected chi connectivity index (χ3v) is 7.76. The zero-order valence-electron chi connectivity index (χ0n) is 17.3. The molecule has 0 radical (unpaired) electrons. The molecule has 10 heteroatoms. The third kappa shape index (κ3) is 6.69. The fourth-order valence-corrected chi connectivity index (χ4v) is 5.26. The van der Waals surface area contributed by atoms with E-state index in [0.29, 0.717) is 15.6 Å². The Morgan fingerprint density at radius 3 is 2.00 bits per heavy atom. The van der Waals surface area contributed by atoms with Crippen LogP contribution in [0.25, 0.3) is 0 Å². The predicted octanol–water partition coefficient (Wildman–Crippen LogP) is 4.74. The molecule has 2 amide bonds. The van der Waals surface area contributed by atoms with Gasteiger partial charge in [0.15, 0.2) is 0 Å². The molecule has 0 aliphatic rings. The van der Waals surface area contributed by atoms with Crippen molar-refractivity contribution < 1.29 is 18.3 Å². The Morgan fingerprint density at radius 2 is 1.60 bits per heavy atom. The molecule has 0 fully saturated rings. The van der Waals surface area contributed by atoms with Crippen molar-refractivity contribution in [2.45, 2.75) is 63.2 Å². The molecule has 0 aliphatic heterocycles. The molecule has 0 bridgehead atoms. The van der Waals surface area contributed by atoms with Crippen LogP contribution >= 0.6 is 22.9 Å². The summed E-state index contributed by atoms with van der Waals surface area (Å²) in [6.07, 6.45) is 0. The van der Waals surface area contributed by atoms with Crippen LogP contribution in [-0.4, -0.2) is 49.1 Å². The number of amides is 2. The number of halogens is 1. The van der Waals surface area contributed by atoms with Crippen LogP contribution in [0.3, 0.4) is 0 Å². The minimum atomic E-state index is -4.07. The first-order valence-electron chi connectivity index (χ1n) is 9.22. The third-order valence-electron chi connectivity index (χ3n) is 4.32. The van der Waals surface area contributed by atoms with E-state index in [9.17, 15) is 18.3 Å². The van der Waals surface area contributed by atoms with Crippen LogP contribution in [-0.2, 0) is 15.6 Å². The Balaban J connectivity index is 0.00000450. The minimum absolute atomic E-state index is 0. The van der Waals surface area contributed by atoms with Crippen LogP contribution < -0.4 is 10.0 Å². The van der Waals surface area contributed by atoms with Gasteiger partial charge in [0.25, 0.3) is 10.0 Å². The molecule has 1 heterocycles. The molecule has 6 nitrogen and oxygen atoms in total. The normalized spacial score (nSPS) is 12.1. The van der Waals surface area contributed by atoms with Crippen molar-refractivity contribution in [3.05, 3.63) is 45.3 Å². The van der Waals surface area contributed by atoms with Crippen LogP contribution in [0, 0.1) is 0 Å². The second kappa shape index (κ2) is 10.3. The average molecular weight is 483 g/mol. The first-order chi connectivity index (χ1) is 13.2. The first-order valence-corrected chi connectivity index (χ1v) is 11.9. The molecule has 0 atom stereocenters. The molecule has 2 aromatic rings. The summed E-state index contributed by atoms with van der Waals surface area (Å²) in [6, 6.07) is 5.60. The molecule has 3 N–H and O–H groups in total. The van der Waals surface area contributed by atoms with Gasteiger partial charge in [-0.1, -0.05) is 39.3 Å². The molecule has 162 valence electrons. The number of hydrogen-bond acceptors (Lipinski definition) is 5. The predicted molar refractivity (Wildman–Crippen MR) is 126 cm³/mol. The number of sulfonamides is 1. The fourth-order valence-electron chi connectivity index (χ4n) is 2.81. The maximum absolute atomic E-state index is 12.6. The number of thiophene rings is 1. The van der Waals surface area contributed by atoms with E-state index in [1.54, 1.807) is 26.0 Å². The zero-order valence-corrected chi connectivity index (χ0v) is 19.7. The van der Waals surface area contributed by atoms with E-state index in [2.05, 4.69) is 10.0 Å². The molecular weight excluding hydrogens is 455 g/mol. The van der Waals surface area contributed by atoms with Gasteiger partial charge in [0.1, 0.15) is 4.21 Å². The molecule has 0 saturated heterocycles. The second-order valence-electron chi connectivity index (χ2n) is 8.01. The monoisotopic (exact) mass is 482 g/mol. The summed E-state index contributed by atoms with van der Waals surface area (Å²) < 4.78 is 27.2. The number of urea groups is 1. The van der Waals surface area contributed by atoms with Gasteiger partial charge in [-0.2, -0.15) is 0 Å². The van der Waals surface area contributed by atoms with E-state index in [-0.39, 0.29) is 45.6 Å². The van der Waals surface area contributed by atoms with Crippen molar-refractivity contribution in [1.82, 2.24) is 4.72 Å². The Kier molecular flexibility index (Phi) is 9.45. The Bertz CT molecular complexity index is 983. The molecule has 1 aromatic carbocycles. The van der Waals surface area contributed by atoms with Crippen LogP contribution in [0.4, 0.5) is 10.5 Å². The summed E-state index contributed by atoms with van der Waals surface area (Å²) in [6.45, 7) is 11.0. The summed E-state index contributed by atoms with van der Waals surface area (Å²) in [5.41, 5.74) is 1.06. The number of nitrogens with one attached hydrogen (secondary N) is 2. The Labute approximate surface area is 209 Å². The van der Waals surface area contributed by atoms with Gasteiger partial charge < -0.3 is 10.4 Å². The van der Waals surface area contributed by atoms with Crippen molar-refractivity contribution in [3.8, 4) is 0 Å². The van der Waals surface area contributed by atoms with E-state index in [0.717, 1.165) is 22.5 Å². The van der Waals surface area contributed by atoms with Crippen molar-refractivity contribution in [2.24, 2.45) is 0 Å². The quantitative estimate of drug-likeness (QED) is 0.518. The van der Waals surface area contributed by atoms with Gasteiger partial charge in [-0.15, -0.1) is 11.3 Å². The number of rotatable bonds is 6. The van der Waals surface area contributed by atoms with Crippen LogP contribution in [0.2, 0.25) is 5.02 Å². The van der Waals surface area contributed by atoms with E-state index in [1.165, 1.54) is 12.1 Å². The van der Waals surface area contributed by atoms with Crippen LogP contribution in [0.15, 0.2) is 28.5 Å². The molecule has 1 aromatic heterocycles. The summed E-state index contributed by atoms with van der Waals surface area (Å²) >= 11 is 7.14. The van der Waals surface area contributed by atoms with Gasteiger partial charge in [-0.3, -0.25) is 0 Å². The van der Waals surface area contributed by atoms with Crippen molar-refractivity contribution in [1.29, 1.82) is 0 Å². The Hall–Kier alpha value is -0.610. The number of carbonyl (C=O) groups excluding carboxylic acids is 1. The summed E-state index contributed by atoms with van der Waals surface area (Å²) in [5.74, 6) is 0.148. The summed E-state index contributed by atoms with van der Waals surface area (Å²) in [5, 5.41) is 13.3. The SMILES string of the molecule is CC(C)c1cc(Cl)cc(C(C)C)c1NC(=O)NS(=O)(=O)c1ccc(C(C)(C)O)s1.[NaH]. The van der Waals surface area contributed by atoms with E-state index in [4.69, 9.17) is 11.6 Å². The summed E-state index contributed by atoms with van der Waals surface area (Å²) in [4.78, 5) is 13.0. The number of anilines is 1. The van der Waals surface area contributed by atoms with Crippen molar-refractivity contribution in [2.75, 3.05) is 5.32 Å². The van der Waals surface area contributed by atoms with Gasteiger partial charge >= 0.3 is 35.6 Å². The summed E-state index contributed by atoms with van der Waals surface area (Å²) in [7, 11) is -4.07. The number of aliphatic hydroxyl groups is 1. The van der Waals surface area contributed by atoms with Crippen LogP contribution in [0.5, 0.6) is 0 Å². The van der Waals surface area contributed by atoms with Crippen molar-refractivity contribution in [3.63, 3.8) is 0 Å². The standard InChI is InChI=1S/C20H27ClN2O4S2.Na.H/c1-11(2)14-9-13(21)10-15(12(3)4)18(14)22-19(24)23-29(26,27)17-8-7-16(28-17)20(5,6)25;;/h7-12,25H,1-6H3,(H2,22,23,24);;. The Morgan fingerprint density at radius 1 is 1.10 bits per heavy atom. The fraction of sp³-hybridized carbons (Fsp3) is 0.450. The number of hydrogen-bond donors (Lipinski definition) is 3. The van der Waals surface area contributed by atoms with Crippen molar-refractivity contribution >= 4 is 74.2 Å². The maximum atomic E-state index is 12.6. The van der Waals surface area contributed by atoms with Gasteiger partial charge in [0.2, 0.25) is 0 Å². The zero-order chi connectivity index (χ0) is 22.1. The van der Waals surface area contributed by atoms with Gasteiger partial charge in [-0.25, -0.2) is 17.9 Å². The van der Waals surface area contributed by atoms with Gasteiger partial charge in [-0.05, 0) is 61.1 Å². The van der Waals surface area contributed by atoms with Gasteiger partial charge in [0, 0.05) is 15.6 Å². The average Bonchev–Trinajstić information content (AvgIpc) is 3.06. The van der Waals surface area contributed by atoms with Gasteiger partial charge in [0.05, 0.1) is 5.60 Å². The molecule has 0 spiro atoms. The first kappa shape index (κ1) is 27.4. The second-order valence-corrected chi connectivity index (χ2v) is 11.4. The molecular formula is C20H28ClN2NaO4S2. The molecule has 30 heavy (non-hydrogen) atoms. The topological polar surface area (TPSA) is 95.5 Å².